The molecule has 0 aliphatic carbocycles. The van der Waals surface area contributed by atoms with Crippen LogP contribution in [0.1, 0.15) is 66.2 Å². The van der Waals surface area contributed by atoms with Crippen molar-refractivity contribution in [2.24, 2.45) is 5.41 Å². The smallest absolute Gasteiger partial charge is 0.305 e. The monoisotopic (exact) mass is 431 g/mol. The molecule has 0 fully saturated rings. The van der Waals surface area contributed by atoms with Crippen molar-refractivity contribution in [1.82, 2.24) is 16.0 Å². The van der Waals surface area contributed by atoms with Crippen molar-refractivity contribution in [1.29, 1.82) is 0 Å². The highest BCUT2D eigenvalue weighted by Crippen LogP contribution is 2.13. The average molecular weight is 432 g/mol. The molecule has 178 valence electrons. The predicted octanol–water partition coefficient (Wildman–Crippen LogP) is 2.22. The summed E-state index contributed by atoms with van der Waals surface area (Å²) in [4.78, 5) is 23.6. The van der Waals surface area contributed by atoms with Gasteiger partial charge in [0.15, 0.2) is 0 Å². The Morgan fingerprint density at radius 2 is 1.37 bits per heavy atom. The maximum absolute atomic E-state index is 11.9. The second kappa shape index (κ2) is 15.6. The fourth-order valence-electron chi connectivity index (χ4n) is 2.76. The third-order valence-corrected chi connectivity index (χ3v) is 4.93. The molecule has 0 aliphatic rings. The number of nitrogens with one attached hydrogen (secondary N) is 3. The molecule has 1 atom stereocenters. The van der Waals surface area contributed by atoms with Crippen LogP contribution in [0.25, 0.3) is 0 Å². The number of unbranched alkanes of at least 4 members (excludes halogenated alkanes) is 1. The van der Waals surface area contributed by atoms with Crippen LogP contribution in [0, 0.1) is 5.41 Å². The normalized spacial score (nSPS) is 13.2. The van der Waals surface area contributed by atoms with Gasteiger partial charge in [-0.3, -0.25) is 9.59 Å². The van der Waals surface area contributed by atoms with E-state index in [0.29, 0.717) is 45.5 Å². The molecule has 0 radical (unpaired) electrons. The van der Waals surface area contributed by atoms with Crippen LogP contribution >= 0.6 is 0 Å². The molecular weight excluding hydrogens is 386 g/mol. The molecule has 0 spiro atoms. The highest BCUT2D eigenvalue weighted by Gasteiger charge is 2.23. The first-order valence-corrected chi connectivity index (χ1v) is 11.0. The Morgan fingerprint density at radius 3 is 1.83 bits per heavy atom. The van der Waals surface area contributed by atoms with Crippen LogP contribution in [0.15, 0.2) is 0 Å². The van der Waals surface area contributed by atoms with Gasteiger partial charge in [-0.2, -0.15) is 0 Å². The van der Waals surface area contributed by atoms with Gasteiger partial charge in [0.25, 0.3) is 0 Å². The van der Waals surface area contributed by atoms with Crippen molar-refractivity contribution in [2.45, 2.75) is 77.9 Å². The summed E-state index contributed by atoms with van der Waals surface area (Å²) < 4.78 is 15.9. The number of carbonyl (C=O) groups excluding carboxylic acids is 2. The standard InChI is InChI=1S/C22H45N3O5/c1-21(2,3)17-28-14-15-30-20(27)11-9-8-10-19(26)29-13-12-18(23-5)16-22(4,24-6)25-7/h18,23-25H,8-17H2,1-7H3. The second-order valence-electron chi connectivity index (χ2n) is 9.07. The van der Waals surface area contributed by atoms with Gasteiger partial charge in [0.2, 0.25) is 0 Å². The zero-order chi connectivity index (χ0) is 23.0. The van der Waals surface area contributed by atoms with Gasteiger partial charge in [-0.15, -0.1) is 0 Å². The third-order valence-electron chi connectivity index (χ3n) is 4.93. The Balaban J connectivity index is 3.78. The first-order chi connectivity index (χ1) is 14.0. The summed E-state index contributed by atoms with van der Waals surface area (Å²) in [6.07, 6.45) is 3.44. The van der Waals surface area contributed by atoms with E-state index >= 15 is 0 Å². The lowest BCUT2D eigenvalue weighted by atomic mass is 9.99. The van der Waals surface area contributed by atoms with Gasteiger partial charge in [0, 0.05) is 18.9 Å². The number of esters is 2. The van der Waals surface area contributed by atoms with Gasteiger partial charge in [-0.1, -0.05) is 20.8 Å². The van der Waals surface area contributed by atoms with Gasteiger partial charge in [0.1, 0.15) is 6.61 Å². The summed E-state index contributed by atoms with van der Waals surface area (Å²) >= 11 is 0. The molecule has 0 rings (SSSR count). The molecule has 0 saturated heterocycles. The Bertz CT molecular complexity index is 476. The van der Waals surface area contributed by atoms with E-state index in [1.165, 1.54) is 0 Å². The van der Waals surface area contributed by atoms with E-state index in [2.05, 4.69) is 43.6 Å². The van der Waals surface area contributed by atoms with Crippen LogP contribution in [0.3, 0.4) is 0 Å². The molecule has 0 heterocycles. The molecule has 8 heteroatoms. The fraction of sp³-hybridized carbons (Fsp3) is 0.909. The highest BCUT2D eigenvalue weighted by molar-refractivity contribution is 5.70. The SMILES string of the molecule is CNC(CCOC(=O)CCCCC(=O)OCCOCC(C)(C)C)CC(C)(NC)NC. The molecule has 0 aromatic rings. The van der Waals surface area contributed by atoms with Crippen molar-refractivity contribution < 1.29 is 23.8 Å². The lowest BCUT2D eigenvalue weighted by Gasteiger charge is -2.32. The fourth-order valence-corrected chi connectivity index (χ4v) is 2.76. The van der Waals surface area contributed by atoms with E-state index in [1.54, 1.807) is 0 Å². The summed E-state index contributed by atoms with van der Waals surface area (Å²) in [7, 11) is 5.74. The molecule has 0 aromatic carbocycles. The Kier molecular flexibility index (Phi) is 14.9. The number of carbonyl (C=O) groups is 2. The second-order valence-corrected chi connectivity index (χ2v) is 9.07. The van der Waals surface area contributed by atoms with Crippen molar-refractivity contribution >= 4 is 11.9 Å². The Labute approximate surface area is 183 Å². The first-order valence-electron chi connectivity index (χ1n) is 11.0. The van der Waals surface area contributed by atoms with Crippen LogP contribution in [-0.2, 0) is 23.8 Å². The molecule has 3 N–H and O–H groups in total. The van der Waals surface area contributed by atoms with Crippen molar-refractivity contribution in [3.63, 3.8) is 0 Å². The van der Waals surface area contributed by atoms with E-state index in [0.717, 1.165) is 12.8 Å². The van der Waals surface area contributed by atoms with Gasteiger partial charge < -0.3 is 30.2 Å². The van der Waals surface area contributed by atoms with Gasteiger partial charge in [-0.25, -0.2) is 0 Å². The predicted molar refractivity (Wildman–Crippen MR) is 119 cm³/mol. The van der Waals surface area contributed by atoms with E-state index < -0.39 is 0 Å². The summed E-state index contributed by atoms with van der Waals surface area (Å²) in [5, 5.41) is 9.78. The van der Waals surface area contributed by atoms with Crippen LogP contribution in [0.5, 0.6) is 0 Å². The number of hydrogen-bond acceptors (Lipinski definition) is 8. The summed E-state index contributed by atoms with van der Waals surface area (Å²) in [5.74, 6) is -0.476. The van der Waals surface area contributed by atoms with Crippen LogP contribution in [-0.4, -0.2) is 71.2 Å². The minimum atomic E-state index is -0.253. The molecule has 0 amide bonds. The maximum atomic E-state index is 11.9. The van der Waals surface area contributed by atoms with Gasteiger partial charge in [0.05, 0.1) is 25.5 Å². The lowest BCUT2D eigenvalue weighted by molar-refractivity contribution is -0.147. The van der Waals surface area contributed by atoms with E-state index in [4.69, 9.17) is 14.2 Å². The molecule has 0 saturated carbocycles. The molecule has 0 bridgehead atoms. The van der Waals surface area contributed by atoms with Gasteiger partial charge >= 0.3 is 11.9 Å². The zero-order valence-corrected chi connectivity index (χ0v) is 20.2. The van der Waals surface area contributed by atoms with Crippen LogP contribution < -0.4 is 16.0 Å². The number of hydrogen-bond donors (Lipinski definition) is 3. The Hall–Kier alpha value is -1.22. The zero-order valence-electron chi connectivity index (χ0n) is 20.2. The Morgan fingerprint density at radius 1 is 0.833 bits per heavy atom. The van der Waals surface area contributed by atoms with Crippen LogP contribution in [0.2, 0.25) is 0 Å². The molecule has 0 aliphatic heterocycles. The molecule has 0 aromatic heterocycles. The molecule has 30 heavy (non-hydrogen) atoms. The van der Waals surface area contributed by atoms with Gasteiger partial charge in [-0.05, 0) is 59.2 Å². The third kappa shape index (κ3) is 15.6. The summed E-state index contributed by atoms with van der Waals surface area (Å²) in [6.45, 7) is 10.0. The van der Waals surface area contributed by atoms with E-state index in [9.17, 15) is 9.59 Å². The van der Waals surface area contributed by atoms with Crippen LogP contribution in [0.4, 0.5) is 0 Å². The minimum absolute atomic E-state index is 0.104. The minimum Gasteiger partial charge on any atom is -0.466 e. The van der Waals surface area contributed by atoms with Crippen molar-refractivity contribution in [2.75, 3.05) is 47.6 Å². The first kappa shape index (κ1) is 28.8. The quantitative estimate of drug-likeness (QED) is 0.183. The molecular formula is C22H45N3O5. The summed E-state index contributed by atoms with van der Waals surface area (Å²) in [5.41, 5.74) is -0.0718. The topological polar surface area (TPSA) is 97.9 Å². The summed E-state index contributed by atoms with van der Waals surface area (Å²) in [6, 6.07) is 0.227. The van der Waals surface area contributed by atoms with Crippen molar-refractivity contribution in [3.05, 3.63) is 0 Å². The molecule has 8 nitrogen and oxygen atoms in total. The molecule has 1 unspecified atom stereocenters. The van der Waals surface area contributed by atoms with Crippen molar-refractivity contribution in [3.8, 4) is 0 Å². The van der Waals surface area contributed by atoms with E-state index in [-0.39, 0.29) is 35.7 Å². The maximum Gasteiger partial charge on any atom is 0.305 e. The highest BCUT2D eigenvalue weighted by atomic mass is 16.6. The largest absolute Gasteiger partial charge is 0.466 e. The lowest BCUT2D eigenvalue weighted by Crippen LogP contribution is -2.54. The number of rotatable bonds is 17. The number of ether oxygens (including phenoxy) is 3. The average Bonchev–Trinajstić information content (AvgIpc) is 2.69. The van der Waals surface area contributed by atoms with E-state index in [1.807, 2.05) is 21.1 Å².